The molecule has 2 saturated heterocycles. The third-order valence-corrected chi connectivity index (χ3v) is 14.9. The molecule has 0 aliphatic carbocycles. The number of rotatable bonds is 2. The molecule has 2 aliphatic heterocycles. The van der Waals surface area contributed by atoms with Gasteiger partial charge in [0.15, 0.2) is 0 Å². The maximum absolute atomic E-state index is 14.2. The molecule has 0 bridgehead atoms. The summed E-state index contributed by atoms with van der Waals surface area (Å²) in [5.41, 5.74) is -1.25. The Bertz CT molecular complexity index is 1000. The van der Waals surface area contributed by atoms with Crippen LogP contribution in [0.5, 0.6) is 0 Å². The second-order valence-electron chi connectivity index (χ2n) is 7.87. The van der Waals surface area contributed by atoms with Crippen molar-refractivity contribution in [2.45, 2.75) is 18.3 Å². The Kier molecular flexibility index (Phi) is 5.15. The first-order valence-corrected chi connectivity index (χ1v) is 14.1. The van der Waals surface area contributed by atoms with Crippen LogP contribution in [0.4, 0.5) is 0 Å². The first kappa shape index (κ1) is 20.6. The number of benzene rings is 2. The number of carbonyl (C=O) groups is 5. The molecule has 4 rings (SSSR count). The van der Waals surface area contributed by atoms with E-state index in [4.69, 9.17) is 0 Å². The molecule has 0 aromatic heterocycles. The predicted molar refractivity (Wildman–Crippen MR) is 111 cm³/mol. The zero-order valence-electron chi connectivity index (χ0n) is 16.6. The van der Waals surface area contributed by atoms with Crippen LogP contribution in [0.2, 0.25) is 0 Å². The van der Waals surface area contributed by atoms with Gasteiger partial charge in [-0.05, 0) is 0 Å². The van der Waals surface area contributed by atoms with Gasteiger partial charge in [-0.1, -0.05) is 0 Å². The zero-order chi connectivity index (χ0) is 21.5. The third kappa shape index (κ3) is 2.63. The van der Waals surface area contributed by atoms with E-state index in [-0.39, 0.29) is 12.8 Å². The van der Waals surface area contributed by atoms with Crippen LogP contribution in [0.25, 0.3) is 0 Å². The molecule has 0 saturated carbocycles. The molecule has 1 spiro atoms. The molecule has 0 unspecified atom stereocenters. The topological polar surface area (TPSA) is 88.6 Å². The predicted octanol–water partition coefficient (Wildman–Crippen LogP) is 1.16. The van der Waals surface area contributed by atoms with Gasteiger partial charge in [-0.3, -0.25) is 0 Å². The summed E-state index contributed by atoms with van der Waals surface area (Å²) in [6.45, 7) is 0.717. The van der Waals surface area contributed by atoms with Crippen LogP contribution >= 0.6 is 0 Å². The summed E-state index contributed by atoms with van der Waals surface area (Å²) in [6.07, 6.45) is -0.126. The number of hydrogen-bond donors (Lipinski definition) is 0. The number of carbonyl (C=O) groups excluding carboxylic acids is 5. The van der Waals surface area contributed by atoms with Crippen LogP contribution in [0.15, 0.2) is 60.7 Å². The van der Waals surface area contributed by atoms with E-state index in [1.165, 1.54) is 0 Å². The second kappa shape index (κ2) is 7.52. The van der Waals surface area contributed by atoms with Crippen molar-refractivity contribution in [3.63, 3.8) is 0 Å². The van der Waals surface area contributed by atoms with E-state index in [9.17, 15) is 24.0 Å². The summed E-state index contributed by atoms with van der Waals surface area (Å²) in [7, 11) is 1.78. The van der Waals surface area contributed by atoms with Gasteiger partial charge in [0.25, 0.3) is 0 Å². The zero-order valence-corrected chi connectivity index (χ0v) is 18.7. The van der Waals surface area contributed by atoms with Crippen molar-refractivity contribution >= 4 is 37.5 Å². The Morgan fingerprint density at radius 3 is 1.60 bits per heavy atom. The Morgan fingerprint density at radius 2 is 1.17 bits per heavy atom. The van der Waals surface area contributed by atoms with Crippen LogP contribution in [0.1, 0.15) is 24.0 Å². The molecule has 0 atom stereocenters. The molecule has 2 fully saturated rings. The first-order chi connectivity index (χ1) is 14.4. The van der Waals surface area contributed by atoms with Gasteiger partial charge >= 0.3 is 177 Å². The van der Waals surface area contributed by atoms with Crippen LogP contribution in [0.3, 0.4) is 0 Å². The number of Topliss-reactive ketones (excluding diaryl/α,β-unsaturated/α-hetero) is 1. The van der Waals surface area contributed by atoms with Crippen molar-refractivity contribution in [3.8, 4) is 0 Å². The van der Waals surface area contributed by atoms with Crippen molar-refractivity contribution in [2.24, 2.45) is 0 Å². The van der Waals surface area contributed by atoms with Gasteiger partial charge in [-0.25, -0.2) is 0 Å². The summed E-state index contributed by atoms with van der Waals surface area (Å²) in [5.74, 6) is -0.930. The Labute approximate surface area is 176 Å². The Balaban J connectivity index is 2.02. The van der Waals surface area contributed by atoms with Crippen molar-refractivity contribution < 1.29 is 24.0 Å². The molecule has 7 heteroatoms. The van der Waals surface area contributed by atoms with Crippen molar-refractivity contribution in [3.05, 3.63) is 71.8 Å². The van der Waals surface area contributed by atoms with E-state index in [0.29, 0.717) is 24.2 Å². The summed E-state index contributed by atoms with van der Waals surface area (Å²) < 4.78 is -2.94. The average Bonchev–Trinajstić information content (AvgIpc) is 2.95. The van der Waals surface area contributed by atoms with Gasteiger partial charge in [0.05, 0.1) is 0 Å². The molecule has 30 heavy (non-hydrogen) atoms. The molecule has 2 heterocycles. The van der Waals surface area contributed by atoms with Gasteiger partial charge in [0.1, 0.15) is 0 Å². The van der Waals surface area contributed by atoms with Crippen molar-refractivity contribution in [1.29, 1.82) is 0 Å². The van der Waals surface area contributed by atoms with Crippen LogP contribution < -0.4 is 0 Å². The van der Waals surface area contributed by atoms with Gasteiger partial charge in [-0.15, -0.1) is 0 Å². The fraction of sp³-hybridized carbons (Fsp3) is 0.261. The van der Waals surface area contributed by atoms with Crippen LogP contribution in [-0.2, 0) is 29.4 Å². The van der Waals surface area contributed by atoms with E-state index >= 15 is 0 Å². The van der Waals surface area contributed by atoms with Gasteiger partial charge in [-0.2, -0.15) is 0 Å². The fourth-order valence-corrected chi connectivity index (χ4v) is 13.0. The van der Waals surface area contributed by atoms with Crippen LogP contribution in [-0.4, -0.2) is 62.5 Å². The second-order valence-corrected chi connectivity index (χ2v) is 15.3. The molecule has 152 valence electrons. The molecule has 2 aromatic rings. The number of ketones is 1. The summed E-state index contributed by atoms with van der Waals surface area (Å²) in [6, 6.07) is 16.7. The maximum atomic E-state index is 14.2. The summed E-state index contributed by atoms with van der Waals surface area (Å²) in [5, 5.41) is 0. The molecule has 0 N–H and O–H groups in total. The quantitative estimate of drug-likeness (QED) is 0.377. The Morgan fingerprint density at radius 1 is 0.733 bits per heavy atom. The standard InChI is InChI=1S/C23H21GeNO5/c1-25-14-12-18(26)24(19(27)13-15-25)21(29)20(28)23(22(24)30,16-8-4-2-5-9-16)17-10-6-3-7-11-17/h2-11H,12-15H2,1H3. The normalized spacial score (nSPS) is 21.7. The Hall–Kier alpha value is -2.71. The van der Waals surface area contributed by atoms with E-state index in [0.717, 1.165) is 0 Å². The fourth-order valence-electron chi connectivity index (χ4n) is 4.63. The molecular formula is C23H21GeNO5. The average molecular weight is 464 g/mol. The third-order valence-electron chi connectivity index (χ3n) is 6.26. The molecule has 0 radical (unpaired) electrons. The monoisotopic (exact) mass is 465 g/mol. The number of hydrogen-bond acceptors (Lipinski definition) is 6. The van der Waals surface area contributed by atoms with E-state index in [2.05, 4.69) is 0 Å². The van der Waals surface area contributed by atoms with Crippen LogP contribution in [0, 0.1) is 0 Å². The minimum atomic E-state index is -5.24. The minimum absolute atomic E-state index is 0.0628. The number of nitrogens with zero attached hydrogens (tertiary/aromatic N) is 1. The van der Waals surface area contributed by atoms with Gasteiger partial charge < -0.3 is 0 Å². The molecular weight excluding hydrogens is 443 g/mol. The molecule has 0 amide bonds. The van der Waals surface area contributed by atoms with Crippen molar-refractivity contribution in [2.75, 3.05) is 20.1 Å². The molecule has 2 aromatic carbocycles. The molecule has 6 nitrogen and oxygen atoms in total. The SMILES string of the molecule is CN1CC[C](=O)[Ge]2([C](=O)CC1)[C](=O)C(=O)C(c1ccccc1)(c1ccccc1)[C]2=O. The van der Waals surface area contributed by atoms with Gasteiger partial charge in [0, 0.05) is 0 Å². The van der Waals surface area contributed by atoms with E-state index in [1.807, 2.05) is 4.90 Å². The van der Waals surface area contributed by atoms with E-state index in [1.54, 1.807) is 67.7 Å². The van der Waals surface area contributed by atoms with E-state index < -0.39 is 42.9 Å². The summed E-state index contributed by atoms with van der Waals surface area (Å²) in [4.78, 5) is 69.7. The van der Waals surface area contributed by atoms with Gasteiger partial charge in [0.2, 0.25) is 0 Å². The van der Waals surface area contributed by atoms with Crippen molar-refractivity contribution in [1.82, 2.24) is 4.90 Å². The summed E-state index contributed by atoms with van der Waals surface area (Å²) >= 11 is -5.24. The first-order valence-electron chi connectivity index (χ1n) is 9.88. The molecule has 2 aliphatic rings.